The van der Waals surface area contributed by atoms with E-state index in [0.717, 1.165) is 12.0 Å². The molecule has 1 aromatic heterocycles. The minimum atomic E-state index is -1.01. The summed E-state index contributed by atoms with van der Waals surface area (Å²) < 4.78 is 13.2. The number of hydrogen-bond acceptors (Lipinski definition) is 4. The van der Waals surface area contributed by atoms with Gasteiger partial charge in [-0.05, 0) is 55.8 Å². The minimum absolute atomic E-state index is 0.158. The van der Waals surface area contributed by atoms with Crippen LogP contribution in [0, 0.1) is 5.82 Å². The number of carboxylic acid groups (broad SMARTS) is 1. The number of anilines is 1. The van der Waals surface area contributed by atoms with Gasteiger partial charge in [0, 0.05) is 11.6 Å². The second-order valence-corrected chi connectivity index (χ2v) is 5.89. The maximum atomic E-state index is 13.2. The topological polar surface area (TPSA) is 75.1 Å². The van der Waals surface area contributed by atoms with E-state index in [1.165, 1.54) is 24.3 Å². The van der Waals surface area contributed by atoms with Crippen molar-refractivity contribution in [2.45, 2.75) is 26.3 Å². The van der Waals surface area contributed by atoms with Crippen molar-refractivity contribution < 1.29 is 14.3 Å². The second kappa shape index (κ2) is 6.84. The summed E-state index contributed by atoms with van der Waals surface area (Å²) in [6, 6.07) is 10.8. The monoisotopic (exact) mass is 339 g/mol. The number of fused-ring (bicyclic) bond motifs is 1. The van der Waals surface area contributed by atoms with E-state index in [0.29, 0.717) is 22.5 Å². The lowest BCUT2D eigenvalue weighted by Crippen LogP contribution is -2.16. The summed E-state index contributed by atoms with van der Waals surface area (Å²) in [6.07, 6.45) is 0.887. The summed E-state index contributed by atoms with van der Waals surface area (Å²) in [5.74, 6) is -0.779. The van der Waals surface area contributed by atoms with Crippen LogP contribution in [0.2, 0.25) is 0 Å². The molecule has 2 aromatic carbocycles. The number of halogens is 1. The van der Waals surface area contributed by atoms with E-state index in [1.54, 1.807) is 18.2 Å². The van der Waals surface area contributed by atoms with Crippen molar-refractivity contribution in [3.63, 3.8) is 0 Å². The standard InChI is InChI=1S/C19H18FN3O2/c1-3-11(2)21-18-17(12-4-7-14(20)8-5-12)22-15-9-6-13(19(24)25)10-16(15)23-18/h4-11H,3H2,1-2H3,(H,21,23)(H,24,25). The van der Waals surface area contributed by atoms with E-state index >= 15 is 0 Å². The Hall–Kier alpha value is -3.02. The molecular weight excluding hydrogens is 321 g/mol. The lowest BCUT2D eigenvalue weighted by Gasteiger charge is -2.16. The van der Waals surface area contributed by atoms with Crippen LogP contribution in [0.3, 0.4) is 0 Å². The van der Waals surface area contributed by atoms with E-state index in [2.05, 4.69) is 15.3 Å². The van der Waals surface area contributed by atoms with Crippen molar-refractivity contribution in [3.8, 4) is 11.3 Å². The number of carbonyl (C=O) groups is 1. The fourth-order valence-electron chi connectivity index (χ4n) is 2.43. The molecule has 0 fully saturated rings. The molecule has 0 bridgehead atoms. The average Bonchev–Trinajstić information content (AvgIpc) is 2.61. The van der Waals surface area contributed by atoms with Crippen molar-refractivity contribution >= 4 is 22.8 Å². The summed E-state index contributed by atoms with van der Waals surface area (Å²) in [5.41, 5.74) is 2.58. The van der Waals surface area contributed by atoms with Gasteiger partial charge in [-0.3, -0.25) is 0 Å². The van der Waals surface area contributed by atoms with Gasteiger partial charge >= 0.3 is 5.97 Å². The van der Waals surface area contributed by atoms with Crippen molar-refractivity contribution in [2.24, 2.45) is 0 Å². The van der Waals surface area contributed by atoms with E-state index in [1.807, 2.05) is 13.8 Å². The predicted octanol–water partition coefficient (Wildman–Crippen LogP) is 4.34. The van der Waals surface area contributed by atoms with Crippen LogP contribution in [0.25, 0.3) is 22.3 Å². The van der Waals surface area contributed by atoms with Gasteiger partial charge in [-0.25, -0.2) is 19.2 Å². The van der Waals surface area contributed by atoms with Crippen LogP contribution in [-0.2, 0) is 0 Å². The molecular formula is C19H18FN3O2. The van der Waals surface area contributed by atoms with Gasteiger partial charge in [0.1, 0.15) is 11.5 Å². The molecule has 128 valence electrons. The van der Waals surface area contributed by atoms with Crippen molar-refractivity contribution in [2.75, 3.05) is 5.32 Å². The second-order valence-electron chi connectivity index (χ2n) is 5.89. The van der Waals surface area contributed by atoms with Crippen molar-refractivity contribution in [1.82, 2.24) is 9.97 Å². The Morgan fingerprint density at radius 2 is 1.88 bits per heavy atom. The van der Waals surface area contributed by atoms with Gasteiger partial charge in [0.25, 0.3) is 0 Å². The Labute approximate surface area is 144 Å². The van der Waals surface area contributed by atoms with Gasteiger partial charge in [-0.1, -0.05) is 6.92 Å². The SMILES string of the molecule is CCC(C)Nc1nc2cc(C(=O)O)ccc2nc1-c1ccc(F)cc1. The third kappa shape index (κ3) is 3.57. The molecule has 1 atom stereocenters. The van der Waals surface area contributed by atoms with E-state index in [4.69, 9.17) is 5.11 Å². The summed E-state index contributed by atoms with van der Waals surface area (Å²) in [7, 11) is 0. The number of benzene rings is 2. The highest BCUT2D eigenvalue weighted by molar-refractivity contribution is 5.93. The van der Waals surface area contributed by atoms with Gasteiger partial charge in [-0.2, -0.15) is 0 Å². The number of aromatic nitrogens is 2. The molecule has 0 saturated heterocycles. The fraction of sp³-hybridized carbons (Fsp3) is 0.211. The molecule has 0 aliphatic rings. The Morgan fingerprint density at radius 3 is 2.52 bits per heavy atom. The van der Waals surface area contributed by atoms with E-state index in [9.17, 15) is 9.18 Å². The molecule has 5 nitrogen and oxygen atoms in total. The van der Waals surface area contributed by atoms with Gasteiger partial charge in [-0.15, -0.1) is 0 Å². The van der Waals surface area contributed by atoms with Gasteiger partial charge < -0.3 is 10.4 Å². The largest absolute Gasteiger partial charge is 0.478 e. The zero-order valence-electron chi connectivity index (χ0n) is 14.0. The molecule has 1 unspecified atom stereocenters. The first-order chi connectivity index (χ1) is 12.0. The van der Waals surface area contributed by atoms with Crippen LogP contribution >= 0.6 is 0 Å². The first kappa shape index (κ1) is 16.8. The van der Waals surface area contributed by atoms with Gasteiger partial charge in [0.2, 0.25) is 0 Å². The quantitative estimate of drug-likeness (QED) is 0.723. The number of aromatic carboxylic acids is 1. The fourth-order valence-corrected chi connectivity index (χ4v) is 2.43. The molecule has 0 radical (unpaired) electrons. The molecule has 6 heteroatoms. The molecule has 0 spiro atoms. The molecule has 0 aliphatic carbocycles. The highest BCUT2D eigenvalue weighted by Crippen LogP contribution is 2.28. The molecule has 0 saturated carbocycles. The Morgan fingerprint density at radius 1 is 1.16 bits per heavy atom. The first-order valence-corrected chi connectivity index (χ1v) is 8.05. The summed E-state index contributed by atoms with van der Waals surface area (Å²) in [5, 5.41) is 12.5. The summed E-state index contributed by atoms with van der Waals surface area (Å²) >= 11 is 0. The van der Waals surface area contributed by atoms with E-state index < -0.39 is 5.97 Å². The lowest BCUT2D eigenvalue weighted by atomic mass is 10.1. The first-order valence-electron chi connectivity index (χ1n) is 8.05. The summed E-state index contributed by atoms with van der Waals surface area (Å²) in [4.78, 5) is 20.4. The van der Waals surface area contributed by atoms with Crippen LogP contribution in [0.4, 0.5) is 10.2 Å². The van der Waals surface area contributed by atoms with Crippen LogP contribution in [0.5, 0.6) is 0 Å². The van der Waals surface area contributed by atoms with Crippen molar-refractivity contribution in [3.05, 3.63) is 53.8 Å². The highest BCUT2D eigenvalue weighted by Gasteiger charge is 2.14. The van der Waals surface area contributed by atoms with Crippen LogP contribution in [0.1, 0.15) is 30.6 Å². The molecule has 3 rings (SSSR count). The Bertz CT molecular complexity index is 926. The predicted molar refractivity (Wildman–Crippen MR) is 95.3 cm³/mol. The Kier molecular flexibility index (Phi) is 4.61. The number of carboxylic acids is 1. The molecule has 25 heavy (non-hydrogen) atoms. The number of nitrogens with zero attached hydrogens (tertiary/aromatic N) is 2. The van der Waals surface area contributed by atoms with Crippen molar-refractivity contribution in [1.29, 1.82) is 0 Å². The summed E-state index contributed by atoms with van der Waals surface area (Å²) in [6.45, 7) is 4.07. The lowest BCUT2D eigenvalue weighted by molar-refractivity contribution is 0.0697. The zero-order valence-corrected chi connectivity index (χ0v) is 14.0. The third-order valence-electron chi connectivity index (χ3n) is 4.02. The van der Waals surface area contributed by atoms with Crippen LogP contribution in [-0.4, -0.2) is 27.1 Å². The Balaban J connectivity index is 2.18. The minimum Gasteiger partial charge on any atom is -0.478 e. The number of nitrogens with one attached hydrogen (secondary N) is 1. The number of hydrogen-bond donors (Lipinski definition) is 2. The zero-order chi connectivity index (χ0) is 18.0. The maximum Gasteiger partial charge on any atom is 0.335 e. The number of rotatable bonds is 5. The highest BCUT2D eigenvalue weighted by atomic mass is 19.1. The molecule has 0 amide bonds. The molecule has 1 heterocycles. The van der Waals surface area contributed by atoms with Gasteiger partial charge in [0.05, 0.1) is 16.6 Å². The smallest absolute Gasteiger partial charge is 0.335 e. The van der Waals surface area contributed by atoms with E-state index in [-0.39, 0.29) is 17.4 Å². The van der Waals surface area contributed by atoms with Crippen LogP contribution < -0.4 is 5.32 Å². The third-order valence-corrected chi connectivity index (χ3v) is 4.02. The molecule has 2 N–H and O–H groups in total. The average molecular weight is 339 g/mol. The molecule has 0 aliphatic heterocycles. The normalized spacial score (nSPS) is 12.1. The van der Waals surface area contributed by atoms with Gasteiger partial charge in [0.15, 0.2) is 5.82 Å². The van der Waals surface area contributed by atoms with Crippen LogP contribution in [0.15, 0.2) is 42.5 Å². The molecule has 3 aromatic rings. The maximum absolute atomic E-state index is 13.2.